The highest BCUT2D eigenvalue weighted by Crippen LogP contribution is 2.28. The van der Waals surface area contributed by atoms with E-state index in [0.29, 0.717) is 6.54 Å². The maximum atomic E-state index is 8.23. The van der Waals surface area contributed by atoms with Gasteiger partial charge in [0.1, 0.15) is 0 Å². The average molecular weight is 194 g/mol. The molecule has 1 aliphatic heterocycles. The molecule has 68 valence electrons. The topological polar surface area (TPSA) is 60.8 Å². The zero-order valence-corrected chi connectivity index (χ0v) is 7.92. The van der Waals surface area contributed by atoms with Gasteiger partial charge in [-0.15, -0.1) is 11.3 Å². The third-order valence-corrected chi connectivity index (χ3v) is 3.28. The lowest BCUT2D eigenvalue weighted by molar-refractivity contribution is 0.522. The SMILES string of the molecule is [N-]=[N+]=NCC1NCCc2ccsc21. The highest BCUT2D eigenvalue weighted by atomic mass is 32.1. The molecule has 0 spiro atoms. The van der Waals surface area contributed by atoms with Crippen LogP contribution in [-0.4, -0.2) is 13.1 Å². The summed E-state index contributed by atoms with van der Waals surface area (Å²) in [5.74, 6) is 0. The van der Waals surface area contributed by atoms with Crippen molar-refractivity contribution >= 4 is 11.3 Å². The van der Waals surface area contributed by atoms with E-state index >= 15 is 0 Å². The number of hydrogen-bond donors (Lipinski definition) is 1. The van der Waals surface area contributed by atoms with Crippen molar-refractivity contribution in [2.75, 3.05) is 13.1 Å². The third kappa shape index (κ3) is 1.67. The number of nitrogens with one attached hydrogen (secondary N) is 1. The Balaban J connectivity index is 2.19. The maximum Gasteiger partial charge on any atom is 0.0474 e. The fourth-order valence-corrected chi connectivity index (χ4v) is 2.62. The minimum Gasteiger partial charge on any atom is -0.309 e. The summed E-state index contributed by atoms with van der Waals surface area (Å²) in [4.78, 5) is 4.11. The summed E-state index contributed by atoms with van der Waals surface area (Å²) in [6.45, 7) is 1.50. The Labute approximate surface area is 80.2 Å². The molecule has 1 aromatic heterocycles. The van der Waals surface area contributed by atoms with Crippen LogP contribution in [0.5, 0.6) is 0 Å². The van der Waals surface area contributed by atoms with Crippen LogP contribution < -0.4 is 5.32 Å². The van der Waals surface area contributed by atoms with Crippen LogP contribution in [0, 0.1) is 0 Å². The van der Waals surface area contributed by atoms with Crippen LogP contribution in [0.25, 0.3) is 10.4 Å². The number of nitrogens with zero attached hydrogens (tertiary/aromatic N) is 3. The monoisotopic (exact) mass is 194 g/mol. The van der Waals surface area contributed by atoms with Crippen LogP contribution in [0.4, 0.5) is 0 Å². The zero-order valence-electron chi connectivity index (χ0n) is 7.10. The van der Waals surface area contributed by atoms with Crippen LogP contribution in [0.2, 0.25) is 0 Å². The van der Waals surface area contributed by atoms with Crippen LogP contribution >= 0.6 is 11.3 Å². The normalized spacial score (nSPS) is 20.5. The molecule has 5 heteroatoms. The first-order valence-corrected chi connectivity index (χ1v) is 5.10. The molecule has 0 saturated heterocycles. The predicted octanol–water partition coefficient (Wildman–Crippen LogP) is 2.25. The summed E-state index contributed by atoms with van der Waals surface area (Å²) in [5.41, 5.74) is 9.63. The average Bonchev–Trinajstić information content (AvgIpc) is 2.62. The Hall–Kier alpha value is -1.03. The van der Waals surface area contributed by atoms with Gasteiger partial charge in [0.2, 0.25) is 0 Å². The van der Waals surface area contributed by atoms with Crippen molar-refractivity contribution in [2.24, 2.45) is 5.11 Å². The summed E-state index contributed by atoms with van der Waals surface area (Å²) < 4.78 is 0. The fourth-order valence-electron chi connectivity index (χ4n) is 1.60. The summed E-state index contributed by atoms with van der Waals surface area (Å²) >= 11 is 1.74. The molecule has 1 N–H and O–H groups in total. The van der Waals surface area contributed by atoms with Crippen molar-refractivity contribution in [2.45, 2.75) is 12.5 Å². The van der Waals surface area contributed by atoms with Crippen LogP contribution in [0.1, 0.15) is 16.5 Å². The van der Waals surface area contributed by atoms with Gasteiger partial charge in [-0.25, -0.2) is 0 Å². The second-order valence-electron chi connectivity index (χ2n) is 2.98. The van der Waals surface area contributed by atoms with Crippen molar-refractivity contribution in [1.82, 2.24) is 5.32 Å². The van der Waals surface area contributed by atoms with Crippen LogP contribution in [0.3, 0.4) is 0 Å². The first-order chi connectivity index (χ1) is 6.42. The van der Waals surface area contributed by atoms with E-state index in [1.807, 2.05) is 0 Å². The Kier molecular flexibility index (Phi) is 2.49. The van der Waals surface area contributed by atoms with E-state index in [0.717, 1.165) is 13.0 Å². The first-order valence-electron chi connectivity index (χ1n) is 4.22. The van der Waals surface area contributed by atoms with Crippen LogP contribution in [0.15, 0.2) is 16.6 Å². The van der Waals surface area contributed by atoms with Crippen molar-refractivity contribution in [3.05, 3.63) is 32.3 Å². The molecular formula is C8H10N4S. The summed E-state index contributed by atoms with van der Waals surface area (Å²) in [7, 11) is 0. The van der Waals surface area contributed by atoms with Gasteiger partial charge in [-0.1, -0.05) is 5.11 Å². The fraction of sp³-hybridized carbons (Fsp3) is 0.500. The smallest absolute Gasteiger partial charge is 0.0474 e. The molecule has 4 nitrogen and oxygen atoms in total. The highest BCUT2D eigenvalue weighted by molar-refractivity contribution is 7.10. The predicted molar refractivity (Wildman–Crippen MR) is 52.8 cm³/mol. The molecular weight excluding hydrogens is 184 g/mol. The number of thiophene rings is 1. The molecule has 0 fully saturated rings. The van der Waals surface area contributed by atoms with E-state index in [-0.39, 0.29) is 6.04 Å². The number of fused-ring (bicyclic) bond motifs is 1. The highest BCUT2D eigenvalue weighted by Gasteiger charge is 2.19. The van der Waals surface area contributed by atoms with E-state index in [1.165, 1.54) is 10.4 Å². The molecule has 0 saturated carbocycles. The third-order valence-electron chi connectivity index (χ3n) is 2.21. The lowest BCUT2D eigenvalue weighted by Gasteiger charge is -2.22. The molecule has 0 aliphatic carbocycles. The molecule has 2 rings (SSSR count). The molecule has 0 bridgehead atoms. The minimum atomic E-state index is 0.236. The van der Waals surface area contributed by atoms with E-state index in [1.54, 1.807) is 11.3 Å². The van der Waals surface area contributed by atoms with Gasteiger partial charge in [-0.3, -0.25) is 0 Å². The number of hydrogen-bond acceptors (Lipinski definition) is 3. The van der Waals surface area contributed by atoms with Gasteiger partial charge >= 0.3 is 0 Å². The van der Waals surface area contributed by atoms with Gasteiger partial charge in [-0.2, -0.15) is 0 Å². The molecule has 1 unspecified atom stereocenters. The molecule has 2 heterocycles. The van der Waals surface area contributed by atoms with E-state index in [9.17, 15) is 0 Å². The van der Waals surface area contributed by atoms with Crippen molar-refractivity contribution in [3.63, 3.8) is 0 Å². The van der Waals surface area contributed by atoms with Gasteiger partial charge in [0.05, 0.1) is 0 Å². The molecule has 1 atom stereocenters. The van der Waals surface area contributed by atoms with Crippen LogP contribution in [-0.2, 0) is 6.42 Å². The second-order valence-corrected chi connectivity index (χ2v) is 3.93. The zero-order chi connectivity index (χ0) is 9.10. The Bertz CT molecular complexity index is 340. The first kappa shape index (κ1) is 8.56. The van der Waals surface area contributed by atoms with Gasteiger partial charge in [-0.05, 0) is 35.5 Å². The Morgan fingerprint density at radius 3 is 3.54 bits per heavy atom. The van der Waals surface area contributed by atoms with Gasteiger partial charge in [0.15, 0.2) is 0 Å². The Morgan fingerprint density at radius 2 is 2.69 bits per heavy atom. The lowest BCUT2D eigenvalue weighted by atomic mass is 10.0. The van der Waals surface area contributed by atoms with E-state index in [2.05, 4.69) is 26.8 Å². The van der Waals surface area contributed by atoms with E-state index < -0.39 is 0 Å². The van der Waals surface area contributed by atoms with Crippen molar-refractivity contribution < 1.29 is 0 Å². The summed E-state index contributed by atoms with van der Waals surface area (Å²) in [6, 6.07) is 2.39. The number of azide groups is 1. The number of rotatable bonds is 2. The van der Waals surface area contributed by atoms with Gasteiger partial charge in [0.25, 0.3) is 0 Å². The second kappa shape index (κ2) is 3.79. The van der Waals surface area contributed by atoms with E-state index in [4.69, 9.17) is 5.53 Å². The van der Waals surface area contributed by atoms with Gasteiger partial charge in [0, 0.05) is 22.4 Å². The molecule has 1 aliphatic rings. The molecule has 0 amide bonds. The molecule has 13 heavy (non-hydrogen) atoms. The summed E-state index contributed by atoms with van der Waals surface area (Å²) in [5, 5.41) is 9.04. The quantitative estimate of drug-likeness (QED) is 0.438. The molecule has 1 aromatic rings. The van der Waals surface area contributed by atoms with Crippen molar-refractivity contribution in [1.29, 1.82) is 0 Å². The lowest BCUT2D eigenvalue weighted by Crippen LogP contribution is -2.30. The summed E-state index contributed by atoms with van der Waals surface area (Å²) in [6.07, 6.45) is 1.09. The maximum absolute atomic E-state index is 8.23. The standard InChI is InChI=1S/C8H10N4S/c9-12-11-5-7-8-6(1-3-10-7)2-4-13-8/h2,4,7,10H,1,3,5H2. The largest absolute Gasteiger partial charge is 0.309 e. The van der Waals surface area contributed by atoms with Gasteiger partial charge < -0.3 is 5.32 Å². The Morgan fingerprint density at radius 1 is 1.77 bits per heavy atom. The molecule has 0 radical (unpaired) electrons. The molecule has 0 aromatic carbocycles. The minimum absolute atomic E-state index is 0.236. The van der Waals surface area contributed by atoms with Crippen molar-refractivity contribution in [3.8, 4) is 0 Å².